The fourth-order valence-corrected chi connectivity index (χ4v) is 3.71. The highest BCUT2D eigenvalue weighted by molar-refractivity contribution is 5.76. The van der Waals surface area contributed by atoms with Crippen molar-refractivity contribution in [2.24, 2.45) is 5.92 Å². The molecule has 8 heteroatoms. The molecule has 1 amide bonds. The third-order valence-corrected chi connectivity index (χ3v) is 5.26. The summed E-state index contributed by atoms with van der Waals surface area (Å²) in [5, 5.41) is 8.08. The number of aromatic nitrogens is 4. The summed E-state index contributed by atoms with van der Waals surface area (Å²) in [5.41, 5.74) is 1.78. The Kier molecular flexibility index (Phi) is 5.50. The highest BCUT2D eigenvalue weighted by Crippen LogP contribution is 2.23. The SMILES string of the molecule is Cc1ccccc1-c1noc(C[C@@H]2CCCN(C(=O)Cn3ncccc3=O)C2)n1. The van der Waals surface area contributed by atoms with Crippen molar-refractivity contribution >= 4 is 5.91 Å². The molecule has 0 N–H and O–H groups in total. The Labute approximate surface area is 168 Å². The lowest BCUT2D eigenvalue weighted by atomic mass is 9.94. The molecule has 0 radical (unpaired) electrons. The summed E-state index contributed by atoms with van der Waals surface area (Å²) < 4.78 is 6.66. The topological polar surface area (TPSA) is 94.1 Å². The Morgan fingerprint density at radius 2 is 2.10 bits per heavy atom. The minimum absolute atomic E-state index is 0.0373. The number of rotatable bonds is 5. The van der Waals surface area contributed by atoms with Gasteiger partial charge in [0.05, 0.1) is 0 Å². The molecule has 2 aromatic heterocycles. The van der Waals surface area contributed by atoms with E-state index < -0.39 is 0 Å². The second kappa shape index (κ2) is 8.38. The van der Waals surface area contributed by atoms with Crippen LogP contribution in [0.4, 0.5) is 0 Å². The average Bonchev–Trinajstić information content (AvgIpc) is 3.18. The quantitative estimate of drug-likeness (QED) is 0.659. The van der Waals surface area contributed by atoms with Gasteiger partial charge in [-0.15, -0.1) is 0 Å². The van der Waals surface area contributed by atoms with Crippen molar-refractivity contribution in [3.63, 3.8) is 0 Å². The maximum absolute atomic E-state index is 12.6. The van der Waals surface area contributed by atoms with Crippen LogP contribution in [0.2, 0.25) is 0 Å². The number of carbonyl (C=O) groups is 1. The molecule has 0 saturated carbocycles. The van der Waals surface area contributed by atoms with Gasteiger partial charge in [-0.1, -0.05) is 29.4 Å². The number of aryl methyl sites for hydroxylation is 1. The van der Waals surface area contributed by atoms with Crippen LogP contribution < -0.4 is 5.56 Å². The number of piperidine rings is 1. The molecule has 3 heterocycles. The smallest absolute Gasteiger partial charge is 0.267 e. The van der Waals surface area contributed by atoms with Crippen molar-refractivity contribution in [2.45, 2.75) is 32.7 Å². The van der Waals surface area contributed by atoms with Gasteiger partial charge < -0.3 is 9.42 Å². The molecule has 1 aromatic carbocycles. The summed E-state index contributed by atoms with van der Waals surface area (Å²) in [4.78, 5) is 30.8. The van der Waals surface area contributed by atoms with E-state index in [-0.39, 0.29) is 23.9 Å². The summed E-state index contributed by atoms with van der Waals surface area (Å²) in [6, 6.07) is 10.9. The maximum Gasteiger partial charge on any atom is 0.267 e. The lowest BCUT2D eigenvalue weighted by Gasteiger charge is -2.32. The van der Waals surface area contributed by atoms with E-state index in [1.165, 1.54) is 16.9 Å². The zero-order valence-corrected chi connectivity index (χ0v) is 16.3. The first kappa shape index (κ1) is 19.0. The fraction of sp³-hybridized carbons (Fsp3) is 0.381. The van der Waals surface area contributed by atoms with Crippen LogP contribution in [0.3, 0.4) is 0 Å². The van der Waals surface area contributed by atoms with Crippen molar-refractivity contribution < 1.29 is 9.32 Å². The second-order valence-electron chi connectivity index (χ2n) is 7.40. The van der Waals surface area contributed by atoms with Gasteiger partial charge in [0, 0.05) is 37.3 Å². The molecule has 0 bridgehead atoms. The molecule has 4 rings (SSSR count). The summed E-state index contributed by atoms with van der Waals surface area (Å²) in [6.07, 6.45) is 4.04. The highest BCUT2D eigenvalue weighted by Gasteiger charge is 2.26. The van der Waals surface area contributed by atoms with E-state index in [9.17, 15) is 9.59 Å². The molecule has 150 valence electrons. The third kappa shape index (κ3) is 4.42. The molecule has 3 aromatic rings. The monoisotopic (exact) mass is 393 g/mol. The van der Waals surface area contributed by atoms with Gasteiger partial charge in [0.2, 0.25) is 17.6 Å². The summed E-state index contributed by atoms with van der Waals surface area (Å²) in [7, 11) is 0. The maximum atomic E-state index is 12.6. The van der Waals surface area contributed by atoms with Gasteiger partial charge in [0.1, 0.15) is 6.54 Å². The zero-order valence-electron chi connectivity index (χ0n) is 16.3. The summed E-state index contributed by atoms with van der Waals surface area (Å²) in [6.45, 7) is 3.28. The zero-order chi connectivity index (χ0) is 20.2. The van der Waals surface area contributed by atoms with E-state index in [0.29, 0.717) is 31.2 Å². The molecule has 1 saturated heterocycles. The Morgan fingerprint density at radius 1 is 1.24 bits per heavy atom. The first-order valence-corrected chi connectivity index (χ1v) is 9.78. The van der Waals surface area contributed by atoms with Crippen LogP contribution in [0, 0.1) is 12.8 Å². The number of hydrogen-bond donors (Lipinski definition) is 0. The van der Waals surface area contributed by atoms with E-state index in [0.717, 1.165) is 24.0 Å². The lowest BCUT2D eigenvalue weighted by Crippen LogP contribution is -2.43. The summed E-state index contributed by atoms with van der Waals surface area (Å²) >= 11 is 0. The van der Waals surface area contributed by atoms with Crippen molar-refractivity contribution in [3.8, 4) is 11.4 Å². The van der Waals surface area contributed by atoms with Gasteiger partial charge >= 0.3 is 0 Å². The van der Waals surface area contributed by atoms with Gasteiger partial charge in [-0.05, 0) is 37.3 Å². The van der Waals surface area contributed by atoms with E-state index >= 15 is 0 Å². The van der Waals surface area contributed by atoms with Gasteiger partial charge in [-0.2, -0.15) is 10.1 Å². The predicted molar refractivity (Wildman–Crippen MR) is 106 cm³/mol. The van der Waals surface area contributed by atoms with Crippen LogP contribution in [0.15, 0.2) is 51.9 Å². The minimum atomic E-state index is -0.274. The molecule has 0 unspecified atom stereocenters. The van der Waals surface area contributed by atoms with Crippen LogP contribution in [0.1, 0.15) is 24.3 Å². The predicted octanol–water partition coefficient (Wildman–Crippen LogP) is 2.08. The first-order valence-electron chi connectivity index (χ1n) is 9.78. The van der Waals surface area contributed by atoms with Crippen LogP contribution in [-0.2, 0) is 17.8 Å². The molecular weight excluding hydrogens is 370 g/mol. The van der Waals surface area contributed by atoms with E-state index in [2.05, 4.69) is 15.2 Å². The lowest BCUT2D eigenvalue weighted by molar-refractivity contribution is -0.134. The van der Waals surface area contributed by atoms with Crippen LogP contribution in [0.5, 0.6) is 0 Å². The highest BCUT2D eigenvalue weighted by atomic mass is 16.5. The number of likely N-dealkylation sites (tertiary alicyclic amines) is 1. The Morgan fingerprint density at radius 3 is 2.93 bits per heavy atom. The standard InChI is InChI=1S/C21H23N5O3/c1-15-6-2-3-8-17(15)21-23-18(29-24-21)12-16-7-5-11-25(13-16)20(28)14-26-19(27)9-4-10-22-26/h2-4,6,8-10,16H,5,7,11-14H2,1H3/t16-/m0/s1. The van der Waals surface area contributed by atoms with Gasteiger partial charge in [-0.3, -0.25) is 9.59 Å². The van der Waals surface area contributed by atoms with Crippen molar-refractivity contribution in [1.82, 2.24) is 24.8 Å². The van der Waals surface area contributed by atoms with E-state index in [1.807, 2.05) is 31.2 Å². The molecule has 1 fully saturated rings. The molecule has 8 nitrogen and oxygen atoms in total. The molecule has 0 spiro atoms. The van der Waals surface area contributed by atoms with Gasteiger partial charge in [0.15, 0.2) is 0 Å². The van der Waals surface area contributed by atoms with Crippen molar-refractivity contribution in [3.05, 3.63) is 64.4 Å². The minimum Gasteiger partial charge on any atom is -0.341 e. The van der Waals surface area contributed by atoms with Gasteiger partial charge in [-0.25, -0.2) is 4.68 Å². The molecular formula is C21H23N5O3. The molecule has 1 aliphatic heterocycles. The number of nitrogens with zero attached hydrogens (tertiary/aromatic N) is 5. The van der Waals surface area contributed by atoms with E-state index in [4.69, 9.17) is 4.52 Å². The van der Waals surface area contributed by atoms with Gasteiger partial charge in [0.25, 0.3) is 5.56 Å². The van der Waals surface area contributed by atoms with Crippen molar-refractivity contribution in [2.75, 3.05) is 13.1 Å². The van der Waals surface area contributed by atoms with Crippen molar-refractivity contribution in [1.29, 1.82) is 0 Å². The number of amides is 1. The molecule has 1 atom stereocenters. The Bertz CT molecular complexity index is 1060. The normalized spacial score (nSPS) is 16.7. The van der Waals surface area contributed by atoms with Crippen LogP contribution >= 0.6 is 0 Å². The third-order valence-electron chi connectivity index (χ3n) is 5.26. The number of carbonyl (C=O) groups excluding carboxylic acids is 1. The average molecular weight is 393 g/mol. The Balaban J connectivity index is 1.39. The molecule has 1 aliphatic rings. The number of benzene rings is 1. The fourth-order valence-electron chi connectivity index (χ4n) is 3.71. The molecule has 29 heavy (non-hydrogen) atoms. The van der Waals surface area contributed by atoms with E-state index in [1.54, 1.807) is 11.0 Å². The first-order chi connectivity index (χ1) is 14.1. The summed E-state index contributed by atoms with van der Waals surface area (Å²) in [5.74, 6) is 1.33. The Hall–Kier alpha value is -3.29. The number of hydrogen-bond acceptors (Lipinski definition) is 6. The van der Waals surface area contributed by atoms with Crippen LogP contribution in [0.25, 0.3) is 11.4 Å². The largest absolute Gasteiger partial charge is 0.341 e. The molecule has 0 aliphatic carbocycles. The second-order valence-corrected chi connectivity index (χ2v) is 7.40. The van der Waals surface area contributed by atoms with Crippen LogP contribution in [-0.4, -0.2) is 43.8 Å².